The van der Waals surface area contributed by atoms with Crippen molar-refractivity contribution in [2.75, 3.05) is 26.7 Å². The standard InChI is InChI=1S/C13H22N4O/c1-16-7-5-10(6-8-16)13-14-12-4-2-3-11(9-18)17(12)15-13/h10-11,18H,2-9H2,1H3. The molecule has 0 aliphatic carbocycles. The molecule has 1 saturated heterocycles. The van der Waals surface area contributed by atoms with Crippen LogP contribution in [-0.2, 0) is 6.42 Å². The molecule has 2 aliphatic heterocycles. The summed E-state index contributed by atoms with van der Waals surface area (Å²) in [5, 5.41) is 14.1. The summed E-state index contributed by atoms with van der Waals surface area (Å²) in [7, 11) is 2.17. The smallest absolute Gasteiger partial charge is 0.154 e. The van der Waals surface area contributed by atoms with Crippen molar-refractivity contribution in [3.63, 3.8) is 0 Å². The Morgan fingerprint density at radius 1 is 1.28 bits per heavy atom. The zero-order valence-electron chi connectivity index (χ0n) is 11.0. The molecule has 1 aromatic rings. The first-order chi connectivity index (χ1) is 8.78. The fraction of sp³-hybridized carbons (Fsp3) is 0.846. The largest absolute Gasteiger partial charge is 0.394 e. The minimum absolute atomic E-state index is 0.154. The summed E-state index contributed by atoms with van der Waals surface area (Å²) in [6.07, 6.45) is 5.47. The first kappa shape index (κ1) is 12.1. The number of hydrogen-bond donors (Lipinski definition) is 1. The van der Waals surface area contributed by atoms with E-state index in [1.165, 1.54) is 0 Å². The predicted octanol–water partition coefficient (Wildman–Crippen LogP) is 0.957. The van der Waals surface area contributed by atoms with Crippen molar-refractivity contribution < 1.29 is 5.11 Å². The first-order valence-electron chi connectivity index (χ1n) is 7.02. The van der Waals surface area contributed by atoms with Gasteiger partial charge in [-0.25, -0.2) is 9.67 Å². The third kappa shape index (κ3) is 2.17. The molecule has 3 heterocycles. The number of nitrogens with zero attached hydrogens (tertiary/aromatic N) is 4. The number of piperidine rings is 1. The van der Waals surface area contributed by atoms with Crippen molar-refractivity contribution in [1.29, 1.82) is 0 Å². The third-order valence-corrected chi connectivity index (χ3v) is 4.30. The first-order valence-corrected chi connectivity index (χ1v) is 7.02. The van der Waals surface area contributed by atoms with Gasteiger partial charge in [-0.05, 0) is 45.8 Å². The topological polar surface area (TPSA) is 54.2 Å². The van der Waals surface area contributed by atoms with Gasteiger partial charge in [-0.1, -0.05) is 0 Å². The zero-order valence-corrected chi connectivity index (χ0v) is 11.0. The lowest BCUT2D eigenvalue weighted by atomic mass is 9.97. The van der Waals surface area contributed by atoms with E-state index in [0.29, 0.717) is 5.92 Å². The van der Waals surface area contributed by atoms with Crippen molar-refractivity contribution in [2.24, 2.45) is 0 Å². The van der Waals surface area contributed by atoms with Gasteiger partial charge in [-0.15, -0.1) is 0 Å². The van der Waals surface area contributed by atoms with E-state index in [2.05, 4.69) is 17.0 Å². The van der Waals surface area contributed by atoms with Crippen molar-refractivity contribution in [3.8, 4) is 0 Å². The van der Waals surface area contributed by atoms with Gasteiger partial charge in [0.05, 0.1) is 12.6 Å². The Hall–Kier alpha value is -0.940. The number of likely N-dealkylation sites (tertiary alicyclic amines) is 1. The fourth-order valence-electron chi connectivity index (χ4n) is 3.06. The number of aliphatic hydroxyl groups excluding tert-OH is 1. The quantitative estimate of drug-likeness (QED) is 0.849. The Labute approximate surface area is 108 Å². The Bertz CT molecular complexity index is 409. The normalized spacial score (nSPS) is 26.2. The predicted molar refractivity (Wildman–Crippen MR) is 68.6 cm³/mol. The van der Waals surface area contributed by atoms with E-state index in [1.807, 2.05) is 4.68 Å². The van der Waals surface area contributed by atoms with E-state index in [9.17, 15) is 5.11 Å². The third-order valence-electron chi connectivity index (χ3n) is 4.30. The molecule has 1 N–H and O–H groups in total. The molecule has 5 heteroatoms. The van der Waals surface area contributed by atoms with Gasteiger partial charge >= 0.3 is 0 Å². The lowest BCUT2D eigenvalue weighted by molar-refractivity contribution is 0.194. The molecule has 0 spiro atoms. The summed E-state index contributed by atoms with van der Waals surface area (Å²) in [5.41, 5.74) is 0. The van der Waals surface area contributed by atoms with Gasteiger partial charge in [-0.3, -0.25) is 0 Å². The number of aryl methyl sites for hydroxylation is 1. The molecular weight excluding hydrogens is 228 g/mol. The number of fused-ring (bicyclic) bond motifs is 1. The minimum atomic E-state index is 0.154. The van der Waals surface area contributed by atoms with Crippen LogP contribution in [0.1, 0.15) is 49.3 Å². The van der Waals surface area contributed by atoms with Crippen LogP contribution >= 0.6 is 0 Å². The van der Waals surface area contributed by atoms with E-state index < -0.39 is 0 Å². The van der Waals surface area contributed by atoms with Crippen LogP contribution in [0.15, 0.2) is 0 Å². The molecule has 0 saturated carbocycles. The van der Waals surface area contributed by atoms with Crippen molar-refractivity contribution in [1.82, 2.24) is 19.7 Å². The maximum absolute atomic E-state index is 9.40. The molecule has 0 radical (unpaired) electrons. The van der Waals surface area contributed by atoms with Gasteiger partial charge in [0.2, 0.25) is 0 Å². The molecule has 100 valence electrons. The number of rotatable bonds is 2. The molecule has 0 bridgehead atoms. The molecule has 0 amide bonds. The van der Waals surface area contributed by atoms with Crippen LogP contribution in [0.5, 0.6) is 0 Å². The van der Waals surface area contributed by atoms with Crippen LogP contribution in [0.2, 0.25) is 0 Å². The molecule has 1 unspecified atom stereocenters. The molecule has 5 nitrogen and oxygen atoms in total. The van der Waals surface area contributed by atoms with Gasteiger partial charge in [0.15, 0.2) is 5.82 Å². The minimum Gasteiger partial charge on any atom is -0.394 e. The summed E-state index contributed by atoms with van der Waals surface area (Å²) >= 11 is 0. The summed E-state index contributed by atoms with van der Waals surface area (Å²) < 4.78 is 1.98. The van der Waals surface area contributed by atoms with Gasteiger partial charge in [0.25, 0.3) is 0 Å². The monoisotopic (exact) mass is 250 g/mol. The average molecular weight is 250 g/mol. The highest BCUT2D eigenvalue weighted by molar-refractivity contribution is 5.04. The van der Waals surface area contributed by atoms with Crippen molar-refractivity contribution in [3.05, 3.63) is 11.6 Å². The van der Waals surface area contributed by atoms with Gasteiger partial charge in [0.1, 0.15) is 5.82 Å². The van der Waals surface area contributed by atoms with Gasteiger partial charge < -0.3 is 10.0 Å². The molecule has 1 fully saturated rings. The van der Waals surface area contributed by atoms with Crippen molar-refractivity contribution in [2.45, 2.75) is 44.1 Å². The van der Waals surface area contributed by atoms with Crippen LogP contribution in [-0.4, -0.2) is 51.5 Å². The van der Waals surface area contributed by atoms with E-state index in [1.54, 1.807) is 0 Å². The van der Waals surface area contributed by atoms with Crippen LogP contribution < -0.4 is 0 Å². The van der Waals surface area contributed by atoms with Crippen LogP contribution in [0.4, 0.5) is 0 Å². The molecule has 1 aromatic heterocycles. The summed E-state index contributed by atoms with van der Waals surface area (Å²) in [5.74, 6) is 2.60. The second kappa shape index (κ2) is 4.97. The highest BCUT2D eigenvalue weighted by Crippen LogP contribution is 2.28. The van der Waals surface area contributed by atoms with E-state index in [4.69, 9.17) is 4.98 Å². The number of aliphatic hydroxyl groups is 1. The van der Waals surface area contributed by atoms with Crippen LogP contribution in [0, 0.1) is 0 Å². The van der Waals surface area contributed by atoms with E-state index in [-0.39, 0.29) is 12.6 Å². The van der Waals surface area contributed by atoms with Gasteiger partial charge in [0, 0.05) is 12.3 Å². The highest BCUT2D eigenvalue weighted by atomic mass is 16.3. The molecule has 2 aliphatic rings. The fourth-order valence-corrected chi connectivity index (χ4v) is 3.06. The van der Waals surface area contributed by atoms with Crippen LogP contribution in [0.3, 0.4) is 0 Å². The van der Waals surface area contributed by atoms with Crippen LogP contribution in [0.25, 0.3) is 0 Å². The Morgan fingerprint density at radius 3 is 2.78 bits per heavy atom. The Balaban J connectivity index is 1.80. The number of aromatic nitrogens is 3. The molecule has 3 rings (SSSR count). The summed E-state index contributed by atoms with van der Waals surface area (Å²) in [6, 6.07) is 0.154. The van der Waals surface area contributed by atoms with E-state index >= 15 is 0 Å². The summed E-state index contributed by atoms with van der Waals surface area (Å²) in [4.78, 5) is 7.08. The lowest BCUT2D eigenvalue weighted by Crippen LogP contribution is -2.29. The van der Waals surface area contributed by atoms with E-state index in [0.717, 1.165) is 56.8 Å². The summed E-state index contributed by atoms with van der Waals surface area (Å²) in [6.45, 7) is 2.46. The number of hydrogen-bond acceptors (Lipinski definition) is 4. The van der Waals surface area contributed by atoms with Gasteiger partial charge in [-0.2, -0.15) is 5.10 Å². The second-order valence-electron chi connectivity index (χ2n) is 5.64. The second-order valence-corrected chi connectivity index (χ2v) is 5.64. The van der Waals surface area contributed by atoms with Crippen molar-refractivity contribution >= 4 is 0 Å². The SMILES string of the molecule is CN1CCC(c2nc3n(n2)C(CO)CCC3)CC1. The maximum atomic E-state index is 9.40. The highest BCUT2D eigenvalue weighted by Gasteiger charge is 2.27. The Morgan fingerprint density at radius 2 is 2.06 bits per heavy atom. The molecule has 1 atom stereocenters. The average Bonchev–Trinajstić information content (AvgIpc) is 2.83. The zero-order chi connectivity index (χ0) is 12.5. The molecule has 18 heavy (non-hydrogen) atoms. The maximum Gasteiger partial charge on any atom is 0.154 e. The molecule has 0 aromatic carbocycles. The lowest BCUT2D eigenvalue weighted by Gasteiger charge is -2.27. The molecular formula is C13H22N4O. The Kier molecular flexibility index (Phi) is 3.35.